The van der Waals surface area contributed by atoms with Crippen molar-refractivity contribution in [3.8, 4) is 0 Å². The first-order chi connectivity index (χ1) is 16.1. The molecule has 0 fully saturated rings. The van der Waals surface area contributed by atoms with E-state index in [1.807, 2.05) is 37.3 Å². The first kappa shape index (κ1) is 24.2. The highest BCUT2D eigenvalue weighted by molar-refractivity contribution is 6.42. The summed E-state index contributed by atoms with van der Waals surface area (Å²) in [5.74, 6) is -0.267. The van der Waals surface area contributed by atoms with E-state index in [0.717, 1.165) is 16.3 Å². The molecule has 1 amide bonds. The number of nitrogens with one attached hydrogen (secondary N) is 2. The number of amides is 1. The number of hydrogen-bond donors (Lipinski definition) is 2. The number of fused-ring (bicyclic) bond motifs is 1. The highest BCUT2D eigenvalue weighted by Crippen LogP contribution is 2.40. The molecule has 1 aromatic heterocycles. The lowest BCUT2D eigenvalue weighted by atomic mass is 9.94. The number of anilines is 1. The second-order valence-corrected chi connectivity index (χ2v) is 8.93. The molecule has 178 valence electrons. The van der Waals surface area contributed by atoms with Gasteiger partial charge in [0.05, 0.1) is 15.6 Å². The van der Waals surface area contributed by atoms with Crippen molar-refractivity contribution in [1.82, 2.24) is 15.1 Å². The van der Waals surface area contributed by atoms with E-state index in [1.54, 1.807) is 13.0 Å². The van der Waals surface area contributed by atoms with E-state index in [-0.39, 0.29) is 22.3 Å². The lowest BCUT2D eigenvalue weighted by Crippen LogP contribution is -2.36. The zero-order chi connectivity index (χ0) is 24.6. The van der Waals surface area contributed by atoms with Crippen LogP contribution in [0.4, 0.5) is 19.0 Å². The van der Waals surface area contributed by atoms with E-state index < -0.39 is 23.8 Å². The Morgan fingerprint density at radius 3 is 2.50 bits per heavy atom. The third-order valence-corrected chi connectivity index (χ3v) is 6.44. The van der Waals surface area contributed by atoms with Gasteiger partial charge in [0.25, 0.3) is 5.91 Å². The van der Waals surface area contributed by atoms with Gasteiger partial charge in [0.2, 0.25) is 0 Å². The van der Waals surface area contributed by atoms with Crippen LogP contribution < -0.4 is 10.6 Å². The first-order valence-electron chi connectivity index (χ1n) is 10.5. The molecule has 2 aromatic carbocycles. The van der Waals surface area contributed by atoms with Crippen LogP contribution in [0.1, 0.15) is 42.6 Å². The highest BCUT2D eigenvalue weighted by Gasteiger charge is 2.39. The van der Waals surface area contributed by atoms with Crippen LogP contribution in [0.5, 0.6) is 0 Å². The summed E-state index contributed by atoms with van der Waals surface area (Å²) in [5.41, 5.74) is 1.13. The number of alkyl halides is 3. The molecule has 0 bridgehead atoms. The molecule has 0 radical (unpaired) electrons. The maximum Gasteiger partial charge on any atom is 0.435 e. The Labute approximate surface area is 204 Å². The van der Waals surface area contributed by atoms with Crippen LogP contribution in [0.25, 0.3) is 0 Å². The van der Waals surface area contributed by atoms with Gasteiger partial charge in [-0.2, -0.15) is 18.3 Å². The molecule has 2 N–H and O–H groups in total. The largest absolute Gasteiger partial charge is 0.435 e. The molecule has 0 aliphatic carbocycles. The van der Waals surface area contributed by atoms with Crippen LogP contribution in [0.3, 0.4) is 0 Å². The number of aromatic nitrogens is 2. The quantitative estimate of drug-likeness (QED) is 0.418. The van der Waals surface area contributed by atoms with Crippen LogP contribution in [0, 0.1) is 0 Å². The van der Waals surface area contributed by atoms with Gasteiger partial charge < -0.3 is 10.6 Å². The van der Waals surface area contributed by atoms with Crippen molar-refractivity contribution in [3.05, 3.63) is 92.7 Å². The van der Waals surface area contributed by atoms with Gasteiger partial charge in [-0.1, -0.05) is 66.5 Å². The molecule has 3 aromatic rings. The van der Waals surface area contributed by atoms with Crippen LogP contribution in [0.15, 0.2) is 65.9 Å². The average Bonchev–Trinajstić information content (AvgIpc) is 3.23. The molecule has 0 saturated heterocycles. The Hall–Kier alpha value is -2.97. The maximum absolute atomic E-state index is 13.4. The predicted molar refractivity (Wildman–Crippen MR) is 126 cm³/mol. The van der Waals surface area contributed by atoms with Crippen LogP contribution in [-0.4, -0.2) is 22.2 Å². The van der Waals surface area contributed by atoms with Gasteiger partial charge >= 0.3 is 6.18 Å². The summed E-state index contributed by atoms with van der Waals surface area (Å²) in [6.45, 7) is 3.96. The second-order valence-electron chi connectivity index (χ2n) is 8.12. The fraction of sp³-hybridized carbons (Fsp3) is 0.250. The van der Waals surface area contributed by atoms with E-state index in [0.29, 0.717) is 22.8 Å². The minimum Gasteiger partial charge on any atom is -0.352 e. The number of carbonyl (C=O) groups is 1. The summed E-state index contributed by atoms with van der Waals surface area (Å²) in [5, 5.41) is 10.1. The molecule has 2 atom stereocenters. The van der Waals surface area contributed by atoms with E-state index in [1.165, 1.54) is 12.1 Å². The molecule has 1 aliphatic rings. The Kier molecular flexibility index (Phi) is 6.64. The number of rotatable bonds is 5. The number of halogens is 5. The van der Waals surface area contributed by atoms with Crippen molar-refractivity contribution in [1.29, 1.82) is 0 Å². The molecule has 1 aliphatic heterocycles. The van der Waals surface area contributed by atoms with Crippen molar-refractivity contribution in [2.75, 3.05) is 11.9 Å². The number of benzene rings is 2. The average molecular weight is 509 g/mol. The lowest BCUT2D eigenvalue weighted by Gasteiger charge is -2.30. The zero-order valence-corrected chi connectivity index (χ0v) is 19.8. The summed E-state index contributed by atoms with van der Waals surface area (Å²) >= 11 is 12.2. The zero-order valence-electron chi connectivity index (χ0n) is 18.3. The molecule has 10 heteroatoms. The number of nitrogens with zero attached hydrogens (tertiary/aromatic N) is 2. The van der Waals surface area contributed by atoms with Crippen molar-refractivity contribution < 1.29 is 18.0 Å². The van der Waals surface area contributed by atoms with E-state index in [9.17, 15) is 18.0 Å². The van der Waals surface area contributed by atoms with E-state index >= 15 is 0 Å². The summed E-state index contributed by atoms with van der Waals surface area (Å²) in [7, 11) is 0. The van der Waals surface area contributed by atoms with Crippen LogP contribution >= 0.6 is 23.2 Å². The SMILES string of the molecule is CC1=C(C(=O)NCC(C)c2ccccc2)C(c2ccc(Cl)c(Cl)c2)n2nc(C(F)(F)F)cc2N1. The third kappa shape index (κ3) is 4.79. The minimum absolute atomic E-state index is 0.0307. The highest BCUT2D eigenvalue weighted by atomic mass is 35.5. The summed E-state index contributed by atoms with van der Waals surface area (Å²) in [6, 6.07) is 14.4. The monoisotopic (exact) mass is 508 g/mol. The topological polar surface area (TPSA) is 59.0 Å². The molecule has 5 nitrogen and oxygen atoms in total. The fourth-order valence-electron chi connectivity index (χ4n) is 3.94. The molecule has 4 rings (SSSR count). The first-order valence-corrected chi connectivity index (χ1v) is 11.2. The van der Waals surface area contributed by atoms with Gasteiger partial charge in [0, 0.05) is 18.3 Å². The molecule has 2 heterocycles. The van der Waals surface area contributed by atoms with Gasteiger partial charge in [-0.25, -0.2) is 4.68 Å². The van der Waals surface area contributed by atoms with Gasteiger partial charge in [-0.05, 0) is 36.1 Å². The lowest BCUT2D eigenvalue weighted by molar-refractivity contribution is -0.141. The van der Waals surface area contributed by atoms with Gasteiger partial charge in [-0.15, -0.1) is 0 Å². The van der Waals surface area contributed by atoms with Gasteiger partial charge in [0.15, 0.2) is 5.69 Å². The summed E-state index contributed by atoms with van der Waals surface area (Å²) in [6.07, 6.45) is -4.64. The predicted octanol–water partition coefficient (Wildman–Crippen LogP) is 6.42. The standard InChI is InChI=1S/C24H21Cl2F3N4O/c1-13(15-6-4-3-5-7-15)12-30-23(34)21-14(2)31-20-11-19(24(27,28)29)32-33(20)22(21)16-8-9-17(25)18(26)10-16/h3-11,13,22,31H,12H2,1-2H3,(H,30,34). The Morgan fingerprint density at radius 2 is 1.85 bits per heavy atom. The smallest absolute Gasteiger partial charge is 0.352 e. The molecular weight excluding hydrogens is 488 g/mol. The van der Waals surface area contributed by atoms with Gasteiger partial charge in [-0.3, -0.25) is 4.79 Å². The Bertz CT molecular complexity index is 1250. The van der Waals surface area contributed by atoms with Crippen molar-refractivity contribution in [2.24, 2.45) is 0 Å². The van der Waals surface area contributed by atoms with E-state index in [2.05, 4.69) is 15.7 Å². The van der Waals surface area contributed by atoms with Crippen molar-refractivity contribution in [2.45, 2.75) is 32.0 Å². The Morgan fingerprint density at radius 1 is 1.15 bits per heavy atom. The molecule has 0 saturated carbocycles. The molecular formula is C24H21Cl2F3N4O. The normalized spacial score (nSPS) is 16.6. The van der Waals surface area contributed by atoms with Crippen LogP contribution in [-0.2, 0) is 11.0 Å². The fourth-order valence-corrected chi connectivity index (χ4v) is 4.24. The van der Waals surface area contributed by atoms with Crippen LogP contribution in [0.2, 0.25) is 10.0 Å². The van der Waals surface area contributed by atoms with Crippen molar-refractivity contribution >= 4 is 34.9 Å². The third-order valence-electron chi connectivity index (χ3n) is 5.71. The van der Waals surface area contributed by atoms with Crippen molar-refractivity contribution in [3.63, 3.8) is 0 Å². The maximum atomic E-state index is 13.4. The number of carbonyl (C=O) groups excluding carboxylic acids is 1. The summed E-state index contributed by atoms with van der Waals surface area (Å²) in [4.78, 5) is 13.4. The number of allylic oxidation sites excluding steroid dienone is 1. The molecule has 34 heavy (non-hydrogen) atoms. The number of hydrogen-bond acceptors (Lipinski definition) is 3. The second kappa shape index (κ2) is 9.35. The molecule has 2 unspecified atom stereocenters. The van der Waals surface area contributed by atoms with E-state index in [4.69, 9.17) is 23.2 Å². The van der Waals surface area contributed by atoms with Gasteiger partial charge in [0.1, 0.15) is 11.9 Å². The minimum atomic E-state index is -4.64. The molecule has 0 spiro atoms. The summed E-state index contributed by atoms with van der Waals surface area (Å²) < 4.78 is 41.4. The Balaban J connectivity index is 1.71.